The summed E-state index contributed by atoms with van der Waals surface area (Å²) < 4.78 is 41.4. The van der Waals surface area contributed by atoms with Gasteiger partial charge in [0.15, 0.2) is 0 Å². The lowest BCUT2D eigenvalue weighted by molar-refractivity contribution is -0.147. The molecule has 0 amide bonds. The summed E-state index contributed by atoms with van der Waals surface area (Å²) in [4.78, 5) is 48.5. The van der Waals surface area contributed by atoms with Crippen LogP contribution in [0.25, 0.3) is 0 Å². The van der Waals surface area contributed by atoms with Crippen LogP contribution in [-0.2, 0) is 37.9 Å². The summed E-state index contributed by atoms with van der Waals surface area (Å²) in [7, 11) is 0. The van der Waals surface area contributed by atoms with E-state index >= 15 is 0 Å². The van der Waals surface area contributed by atoms with Gasteiger partial charge in [0.25, 0.3) is 0 Å². The highest BCUT2D eigenvalue weighted by molar-refractivity contribution is 5.63. The van der Waals surface area contributed by atoms with Crippen LogP contribution in [0.2, 0.25) is 0 Å². The Morgan fingerprint density at radius 2 is 0.618 bits per heavy atom. The second-order valence-corrected chi connectivity index (χ2v) is 8.76. The number of carbonyl (C=O) groups excluding carboxylic acids is 4. The molecule has 1 aliphatic carbocycles. The lowest BCUT2D eigenvalue weighted by Gasteiger charge is -2.38. The van der Waals surface area contributed by atoms with Crippen molar-refractivity contribution in [3.63, 3.8) is 0 Å². The zero-order valence-corrected chi connectivity index (χ0v) is 20.9. The lowest BCUT2D eigenvalue weighted by atomic mass is 9.89. The smallest absolute Gasteiger partial charge is 0.432 e. The molecule has 1 saturated carbocycles. The summed E-state index contributed by atoms with van der Waals surface area (Å²) in [5.41, 5.74) is 0. The highest BCUT2D eigenvalue weighted by atomic mass is 16.8. The molecule has 4 unspecified atom stereocenters. The first-order valence-corrected chi connectivity index (χ1v) is 11.3. The number of hydrogen-bond acceptors (Lipinski definition) is 12. The average molecular weight is 493 g/mol. The van der Waals surface area contributed by atoms with E-state index in [2.05, 4.69) is 0 Å². The Hall–Kier alpha value is -2.92. The van der Waals surface area contributed by atoms with E-state index in [0.717, 1.165) is 0 Å². The predicted octanol–water partition coefficient (Wildman–Crippen LogP) is 4.50. The Bertz CT molecular complexity index is 573. The molecule has 0 spiro atoms. The fraction of sp³-hybridized carbons (Fsp3) is 0.818. The summed E-state index contributed by atoms with van der Waals surface area (Å²) in [6.45, 7) is 13.1. The average Bonchev–Trinajstić information content (AvgIpc) is 2.62. The fourth-order valence-electron chi connectivity index (χ4n) is 2.94. The first kappa shape index (κ1) is 29.1. The molecule has 0 saturated heterocycles. The van der Waals surface area contributed by atoms with Gasteiger partial charge >= 0.3 is 24.6 Å². The van der Waals surface area contributed by atoms with Gasteiger partial charge in [-0.25, -0.2) is 19.2 Å². The molecule has 0 bridgehead atoms. The molecule has 12 heteroatoms. The molecule has 0 heterocycles. The summed E-state index contributed by atoms with van der Waals surface area (Å²) in [5.74, 6) is 0. The second-order valence-electron chi connectivity index (χ2n) is 8.76. The van der Waals surface area contributed by atoms with Gasteiger partial charge in [0.1, 0.15) is 24.4 Å². The van der Waals surface area contributed by atoms with Crippen molar-refractivity contribution in [3.8, 4) is 0 Å². The van der Waals surface area contributed by atoms with Gasteiger partial charge in [-0.1, -0.05) is 0 Å². The van der Waals surface area contributed by atoms with Crippen LogP contribution >= 0.6 is 0 Å². The molecule has 0 aromatic carbocycles. The van der Waals surface area contributed by atoms with Gasteiger partial charge in [-0.15, -0.1) is 0 Å². The van der Waals surface area contributed by atoms with Crippen molar-refractivity contribution in [2.24, 2.45) is 0 Å². The minimum atomic E-state index is -1.09. The van der Waals surface area contributed by atoms with Gasteiger partial charge in [-0.2, -0.15) is 0 Å². The SMILES string of the molecule is CC(C)OC(=O)OC1CC(OC(=O)OC(C)C)C(OC(=O)OC(C)C)CC1OC(=O)OC(C)C. The van der Waals surface area contributed by atoms with Crippen molar-refractivity contribution in [3.05, 3.63) is 0 Å². The molecular formula is C22H36O12. The number of ether oxygens (including phenoxy) is 8. The van der Waals surface area contributed by atoms with E-state index < -0.39 is 73.5 Å². The third kappa shape index (κ3) is 11.3. The molecule has 12 nitrogen and oxygen atoms in total. The minimum absolute atomic E-state index is 0.181. The normalized spacial score (nSPS) is 22.2. The van der Waals surface area contributed by atoms with Crippen LogP contribution in [0.5, 0.6) is 0 Å². The van der Waals surface area contributed by atoms with Gasteiger partial charge in [0, 0.05) is 12.8 Å². The molecule has 1 aliphatic rings. The van der Waals surface area contributed by atoms with Crippen LogP contribution in [0.4, 0.5) is 19.2 Å². The van der Waals surface area contributed by atoms with Gasteiger partial charge in [-0.3, -0.25) is 0 Å². The number of carbonyl (C=O) groups is 4. The van der Waals surface area contributed by atoms with Gasteiger partial charge in [0.05, 0.1) is 24.4 Å². The van der Waals surface area contributed by atoms with Crippen LogP contribution in [0.3, 0.4) is 0 Å². The number of hydrogen-bond donors (Lipinski definition) is 0. The molecule has 196 valence electrons. The van der Waals surface area contributed by atoms with Crippen LogP contribution in [0.1, 0.15) is 68.2 Å². The summed E-state index contributed by atoms with van der Waals surface area (Å²) in [6.07, 6.45) is -10.6. The van der Waals surface area contributed by atoms with E-state index in [-0.39, 0.29) is 12.8 Å². The monoisotopic (exact) mass is 492 g/mol. The summed E-state index contributed by atoms with van der Waals surface area (Å²) in [6, 6.07) is 0. The number of rotatable bonds is 8. The summed E-state index contributed by atoms with van der Waals surface area (Å²) in [5, 5.41) is 0. The summed E-state index contributed by atoms with van der Waals surface area (Å²) >= 11 is 0. The zero-order chi connectivity index (χ0) is 26.0. The molecule has 0 aliphatic heterocycles. The Labute approximate surface area is 199 Å². The van der Waals surface area contributed by atoms with E-state index in [1.165, 1.54) is 0 Å². The molecular weight excluding hydrogens is 456 g/mol. The van der Waals surface area contributed by atoms with Crippen molar-refractivity contribution in [2.75, 3.05) is 0 Å². The first-order chi connectivity index (χ1) is 15.8. The Balaban J connectivity index is 3.12. The van der Waals surface area contributed by atoms with E-state index in [1.54, 1.807) is 55.4 Å². The molecule has 1 fully saturated rings. The van der Waals surface area contributed by atoms with Crippen molar-refractivity contribution >= 4 is 24.6 Å². The maximum atomic E-state index is 12.1. The Kier molecular flexibility index (Phi) is 11.7. The van der Waals surface area contributed by atoms with Crippen LogP contribution < -0.4 is 0 Å². The maximum absolute atomic E-state index is 12.1. The van der Waals surface area contributed by atoms with E-state index in [4.69, 9.17) is 37.9 Å². The molecule has 1 rings (SSSR count). The fourth-order valence-corrected chi connectivity index (χ4v) is 2.94. The Morgan fingerprint density at radius 3 is 0.765 bits per heavy atom. The molecule has 0 N–H and O–H groups in total. The van der Waals surface area contributed by atoms with Crippen molar-refractivity contribution in [1.29, 1.82) is 0 Å². The predicted molar refractivity (Wildman–Crippen MR) is 115 cm³/mol. The van der Waals surface area contributed by atoms with Crippen molar-refractivity contribution in [2.45, 2.75) is 117 Å². The van der Waals surface area contributed by atoms with Crippen LogP contribution in [0, 0.1) is 0 Å². The first-order valence-electron chi connectivity index (χ1n) is 11.3. The van der Waals surface area contributed by atoms with E-state index in [9.17, 15) is 19.2 Å². The highest BCUT2D eigenvalue weighted by Crippen LogP contribution is 2.31. The third-order valence-electron chi connectivity index (χ3n) is 4.08. The quantitative estimate of drug-likeness (QED) is 0.347. The third-order valence-corrected chi connectivity index (χ3v) is 4.08. The lowest BCUT2D eigenvalue weighted by Crippen LogP contribution is -2.51. The van der Waals surface area contributed by atoms with Crippen molar-refractivity contribution in [1.82, 2.24) is 0 Å². The largest absolute Gasteiger partial charge is 0.508 e. The van der Waals surface area contributed by atoms with E-state index in [1.807, 2.05) is 0 Å². The maximum Gasteiger partial charge on any atom is 0.508 e. The van der Waals surface area contributed by atoms with Crippen LogP contribution in [0.15, 0.2) is 0 Å². The highest BCUT2D eigenvalue weighted by Gasteiger charge is 2.46. The Morgan fingerprint density at radius 1 is 0.441 bits per heavy atom. The molecule has 34 heavy (non-hydrogen) atoms. The molecule has 0 aromatic rings. The zero-order valence-electron chi connectivity index (χ0n) is 20.9. The van der Waals surface area contributed by atoms with Gasteiger partial charge in [-0.05, 0) is 55.4 Å². The minimum Gasteiger partial charge on any atom is -0.432 e. The van der Waals surface area contributed by atoms with Crippen LogP contribution in [-0.4, -0.2) is 73.5 Å². The standard InChI is InChI=1S/C22H36O12/c1-11(2)27-19(23)31-15-9-17(33-21(25)29-13(5)6)18(34-22(26)30-14(7)8)10-16(15)32-20(24)28-12(3)4/h11-18H,9-10H2,1-8H3. The van der Waals surface area contributed by atoms with Gasteiger partial charge in [0.2, 0.25) is 0 Å². The molecule has 4 atom stereocenters. The molecule has 0 radical (unpaired) electrons. The second kappa shape index (κ2) is 13.7. The topological polar surface area (TPSA) is 142 Å². The van der Waals surface area contributed by atoms with Crippen molar-refractivity contribution < 1.29 is 57.1 Å². The van der Waals surface area contributed by atoms with Gasteiger partial charge < -0.3 is 37.9 Å². The van der Waals surface area contributed by atoms with E-state index in [0.29, 0.717) is 0 Å². The molecule has 0 aromatic heterocycles.